The summed E-state index contributed by atoms with van der Waals surface area (Å²) in [5, 5.41) is 12.8. The molecule has 0 aliphatic carbocycles. The molecule has 33 heavy (non-hydrogen) atoms. The molecule has 1 amide bonds. The van der Waals surface area contributed by atoms with Crippen LogP contribution in [0.4, 0.5) is 0 Å². The summed E-state index contributed by atoms with van der Waals surface area (Å²) in [4.78, 5) is 34.6. The number of rotatable bonds is 9. The van der Waals surface area contributed by atoms with E-state index in [-0.39, 0.29) is 35.7 Å². The first-order chi connectivity index (χ1) is 15.3. The van der Waals surface area contributed by atoms with Crippen LogP contribution in [0.5, 0.6) is 17.2 Å². The van der Waals surface area contributed by atoms with Crippen LogP contribution in [0.25, 0.3) is 0 Å². The van der Waals surface area contributed by atoms with Crippen LogP contribution in [0.15, 0.2) is 39.3 Å². The van der Waals surface area contributed by atoms with Crippen molar-refractivity contribution in [2.45, 2.75) is 33.0 Å². The summed E-state index contributed by atoms with van der Waals surface area (Å²) in [7, 11) is -3.25. The zero-order valence-electron chi connectivity index (χ0n) is 18.6. The molecule has 180 valence electrons. The van der Waals surface area contributed by atoms with Crippen LogP contribution in [0.3, 0.4) is 0 Å². The van der Waals surface area contributed by atoms with Crippen LogP contribution in [0, 0.1) is 5.92 Å². The van der Waals surface area contributed by atoms with Gasteiger partial charge in [-0.3, -0.25) is 9.36 Å². The van der Waals surface area contributed by atoms with Crippen LogP contribution in [-0.2, 0) is 20.3 Å². The van der Waals surface area contributed by atoms with E-state index in [9.17, 15) is 24.2 Å². The third-order valence-corrected chi connectivity index (χ3v) is 6.59. The Morgan fingerprint density at radius 1 is 1.15 bits per heavy atom. The van der Waals surface area contributed by atoms with Crippen molar-refractivity contribution in [2.75, 3.05) is 13.3 Å². The fourth-order valence-electron chi connectivity index (χ4n) is 2.97. The summed E-state index contributed by atoms with van der Waals surface area (Å²) in [5.74, 6) is -1.07. The highest BCUT2D eigenvalue weighted by Crippen LogP contribution is 2.44. The van der Waals surface area contributed by atoms with E-state index in [1.165, 1.54) is 24.9 Å². The van der Waals surface area contributed by atoms with Crippen LogP contribution >= 0.6 is 39.2 Å². The summed E-state index contributed by atoms with van der Waals surface area (Å²) in [6, 6.07) is 6.62. The number of carbonyl (C=O) groups is 2. The monoisotopic (exact) mass is 605 g/mol. The minimum Gasteiger partial charge on any atom is -0.507 e. The number of esters is 1. The molecule has 2 aromatic rings. The van der Waals surface area contributed by atoms with Gasteiger partial charge in [-0.1, -0.05) is 13.8 Å². The number of nitrogens with one attached hydrogen (secondary N) is 1. The highest BCUT2D eigenvalue weighted by molar-refractivity contribution is 9.11. The second-order valence-corrected chi connectivity index (χ2v) is 12.0. The molecule has 0 spiro atoms. The average Bonchev–Trinajstić information content (AvgIpc) is 2.68. The largest absolute Gasteiger partial charge is 0.507 e. The molecule has 2 atom stereocenters. The van der Waals surface area contributed by atoms with Gasteiger partial charge in [0.05, 0.1) is 21.1 Å². The predicted molar refractivity (Wildman–Crippen MR) is 132 cm³/mol. The number of ether oxygens (including phenoxy) is 2. The molecule has 0 aliphatic rings. The second-order valence-electron chi connectivity index (χ2n) is 7.83. The molecule has 2 rings (SSSR count). The standard InChI is InChI=1S/C22H26Br2NO7P/c1-5-31-22(28)19(12(2)3)25-21(27)15-10-14(6-7-18(15)26)32-20-16(23)8-13(9-17(20)24)11-33(4,29)30/h6-10,12,19,26H,5,11H2,1-4H3,(H,25,27)(H,29,30). The molecule has 0 aliphatic heterocycles. The molecule has 0 aromatic heterocycles. The third-order valence-electron chi connectivity index (χ3n) is 4.46. The van der Waals surface area contributed by atoms with Crippen molar-refractivity contribution in [1.29, 1.82) is 0 Å². The van der Waals surface area contributed by atoms with Crippen molar-refractivity contribution in [3.8, 4) is 17.2 Å². The van der Waals surface area contributed by atoms with Gasteiger partial charge < -0.3 is 24.8 Å². The van der Waals surface area contributed by atoms with E-state index in [4.69, 9.17) is 9.47 Å². The van der Waals surface area contributed by atoms with Gasteiger partial charge in [-0.05, 0) is 80.6 Å². The Balaban J connectivity index is 2.29. The van der Waals surface area contributed by atoms with E-state index in [1.54, 1.807) is 32.9 Å². The molecule has 8 nitrogen and oxygen atoms in total. The zero-order valence-corrected chi connectivity index (χ0v) is 22.7. The Bertz CT molecular complexity index is 1060. The summed E-state index contributed by atoms with van der Waals surface area (Å²) < 4.78 is 23.7. The van der Waals surface area contributed by atoms with Crippen LogP contribution in [-0.4, -0.2) is 41.2 Å². The van der Waals surface area contributed by atoms with Gasteiger partial charge >= 0.3 is 5.97 Å². The lowest BCUT2D eigenvalue weighted by atomic mass is 10.0. The topological polar surface area (TPSA) is 122 Å². The number of aromatic hydroxyl groups is 1. The number of hydrogen-bond acceptors (Lipinski definition) is 6. The molecule has 2 aromatic carbocycles. The fourth-order valence-corrected chi connectivity index (χ4v) is 5.27. The number of benzene rings is 2. The molecule has 0 bridgehead atoms. The Morgan fingerprint density at radius 2 is 1.76 bits per heavy atom. The summed E-state index contributed by atoms with van der Waals surface area (Å²) >= 11 is 6.80. The van der Waals surface area contributed by atoms with E-state index >= 15 is 0 Å². The highest BCUT2D eigenvalue weighted by Gasteiger charge is 2.27. The van der Waals surface area contributed by atoms with Gasteiger partial charge in [0, 0.05) is 12.8 Å². The van der Waals surface area contributed by atoms with Crippen molar-refractivity contribution >= 4 is 51.1 Å². The Morgan fingerprint density at radius 3 is 2.27 bits per heavy atom. The Kier molecular flexibility index (Phi) is 9.55. The van der Waals surface area contributed by atoms with Crippen LogP contribution in [0.1, 0.15) is 36.7 Å². The molecule has 0 fully saturated rings. The lowest BCUT2D eigenvalue weighted by Gasteiger charge is -2.21. The summed E-state index contributed by atoms with van der Waals surface area (Å²) in [6.07, 6.45) is 0.00545. The van der Waals surface area contributed by atoms with Gasteiger partial charge in [0.2, 0.25) is 7.37 Å². The lowest BCUT2D eigenvalue weighted by molar-refractivity contribution is -0.146. The number of amides is 1. The number of hydrogen-bond donors (Lipinski definition) is 3. The van der Waals surface area contributed by atoms with Crippen molar-refractivity contribution in [1.82, 2.24) is 5.32 Å². The van der Waals surface area contributed by atoms with E-state index in [0.717, 1.165) is 0 Å². The molecule has 0 radical (unpaired) electrons. The molecule has 0 saturated carbocycles. The average molecular weight is 607 g/mol. The third kappa shape index (κ3) is 7.84. The highest BCUT2D eigenvalue weighted by atomic mass is 79.9. The van der Waals surface area contributed by atoms with Crippen molar-refractivity contribution in [3.63, 3.8) is 0 Å². The number of phenolic OH excluding ortho intramolecular Hbond substituents is 1. The molecule has 0 heterocycles. The lowest BCUT2D eigenvalue weighted by Crippen LogP contribution is -2.45. The molecular formula is C22H26Br2NO7P. The van der Waals surface area contributed by atoms with Gasteiger partial charge in [-0.2, -0.15) is 0 Å². The van der Waals surface area contributed by atoms with E-state index in [0.29, 0.717) is 20.3 Å². The predicted octanol–water partition coefficient (Wildman–Crippen LogP) is 5.43. The van der Waals surface area contributed by atoms with Gasteiger partial charge in [0.15, 0.2) is 5.75 Å². The SMILES string of the molecule is CCOC(=O)C(NC(=O)c1cc(Oc2c(Br)cc(CP(C)(=O)O)cc2Br)ccc1O)C(C)C. The van der Waals surface area contributed by atoms with Crippen LogP contribution in [0.2, 0.25) is 0 Å². The van der Waals surface area contributed by atoms with Gasteiger partial charge in [-0.15, -0.1) is 0 Å². The van der Waals surface area contributed by atoms with Crippen LogP contribution < -0.4 is 10.1 Å². The minimum atomic E-state index is -3.25. The number of phenols is 1. The first-order valence-electron chi connectivity index (χ1n) is 10.1. The quantitative estimate of drug-likeness (QED) is 0.257. The fraction of sp³-hybridized carbons (Fsp3) is 0.364. The number of carbonyl (C=O) groups excluding carboxylic acids is 2. The maximum atomic E-state index is 12.8. The maximum Gasteiger partial charge on any atom is 0.328 e. The van der Waals surface area contributed by atoms with Crippen molar-refractivity contribution in [2.24, 2.45) is 5.92 Å². The van der Waals surface area contributed by atoms with Gasteiger partial charge in [0.25, 0.3) is 5.91 Å². The molecular weight excluding hydrogens is 581 g/mol. The Hall–Kier alpha value is -1.87. The van der Waals surface area contributed by atoms with E-state index in [2.05, 4.69) is 37.2 Å². The van der Waals surface area contributed by atoms with E-state index in [1.807, 2.05) is 0 Å². The van der Waals surface area contributed by atoms with Crippen molar-refractivity contribution < 1.29 is 33.6 Å². The first kappa shape index (κ1) is 27.4. The normalized spacial score (nSPS) is 13.8. The summed E-state index contributed by atoms with van der Waals surface area (Å²) in [6.45, 7) is 6.69. The number of halogens is 2. The van der Waals surface area contributed by atoms with E-state index < -0.39 is 25.3 Å². The second kappa shape index (κ2) is 11.5. The minimum absolute atomic E-state index is 0.00545. The first-order valence-corrected chi connectivity index (χ1v) is 14.0. The van der Waals surface area contributed by atoms with Gasteiger partial charge in [-0.25, -0.2) is 4.79 Å². The zero-order chi connectivity index (χ0) is 24.9. The van der Waals surface area contributed by atoms with Crippen molar-refractivity contribution in [3.05, 3.63) is 50.4 Å². The Labute approximate surface area is 209 Å². The molecule has 3 N–H and O–H groups in total. The molecule has 11 heteroatoms. The summed E-state index contributed by atoms with van der Waals surface area (Å²) in [5.41, 5.74) is 0.567. The molecule has 2 unspecified atom stereocenters. The molecule has 0 saturated heterocycles. The smallest absolute Gasteiger partial charge is 0.328 e. The van der Waals surface area contributed by atoms with Gasteiger partial charge in [0.1, 0.15) is 17.5 Å². The maximum absolute atomic E-state index is 12.8.